The molecule has 5 heterocycles. The Morgan fingerprint density at radius 2 is 1.78 bits per heavy atom. The van der Waals surface area contributed by atoms with Crippen molar-refractivity contribution in [2.45, 2.75) is 11.9 Å². The highest BCUT2D eigenvalue weighted by atomic mass is 32.2. The average molecular weight is 698 g/mol. The number of hydrogen-bond donors (Lipinski definition) is 3. The maximum atomic E-state index is 13.7. The van der Waals surface area contributed by atoms with Crippen LogP contribution in [0.4, 0.5) is 16.4 Å². The number of amides is 1. The van der Waals surface area contributed by atoms with Crippen molar-refractivity contribution >= 4 is 27.8 Å². The van der Waals surface area contributed by atoms with Gasteiger partial charge < -0.3 is 19.3 Å². The van der Waals surface area contributed by atoms with E-state index in [2.05, 4.69) is 50.3 Å². The summed E-state index contributed by atoms with van der Waals surface area (Å²) in [5.74, 6) is 0.0128. The van der Waals surface area contributed by atoms with Gasteiger partial charge in [0, 0.05) is 24.2 Å². The normalized spacial score (nSPS) is 11.1. The topological polar surface area (TPSA) is 233 Å². The molecule has 0 spiro atoms. The molecular formula is C31H27N11O7S. The molecule has 0 aliphatic rings. The second-order valence-corrected chi connectivity index (χ2v) is 11.8. The smallest absolute Gasteiger partial charge is 0.413 e. The molecule has 3 N–H and O–H groups in total. The van der Waals surface area contributed by atoms with Gasteiger partial charge in [-0.25, -0.2) is 19.7 Å². The lowest BCUT2D eigenvalue weighted by Gasteiger charge is -2.20. The van der Waals surface area contributed by atoms with Crippen LogP contribution in [-0.2, 0) is 10.0 Å². The van der Waals surface area contributed by atoms with Gasteiger partial charge in [0.05, 0.1) is 13.7 Å². The zero-order valence-corrected chi connectivity index (χ0v) is 27.1. The number of pyridine rings is 3. The third kappa shape index (κ3) is 7.52. The minimum atomic E-state index is -4.36. The van der Waals surface area contributed by atoms with E-state index in [0.717, 1.165) is 10.5 Å². The van der Waals surface area contributed by atoms with Gasteiger partial charge in [0.15, 0.2) is 28.2 Å². The molecule has 1 amide bonds. The van der Waals surface area contributed by atoms with E-state index in [1.165, 1.54) is 37.8 Å². The SMILES string of the molecule is COc1ccccc1Oc1c(NS(=O)(=O)c2ccc(C)cn2)nc(-c2ccnc(-c3nn[nH]n3)c2)nc1OCCN(C(=O)O)c1ccccn1. The van der Waals surface area contributed by atoms with Gasteiger partial charge in [0.1, 0.15) is 18.1 Å². The second kappa shape index (κ2) is 14.6. The van der Waals surface area contributed by atoms with Gasteiger partial charge in [-0.15, -0.1) is 10.2 Å². The number of aryl methyl sites for hydroxylation is 1. The third-order valence-electron chi connectivity index (χ3n) is 6.81. The first-order valence-corrected chi connectivity index (χ1v) is 16.1. The molecule has 0 atom stereocenters. The minimum absolute atomic E-state index is 0.0195. The second-order valence-electron chi connectivity index (χ2n) is 10.2. The fraction of sp³-hybridized carbons (Fsp3) is 0.129. The van der Waals surface area contributed by atoms with Gasteiger partial charge in [-0.05, 0) is 60.2 Å². The lowest BCUT2D eigenvalue weighted by atomic mass is 10.2. The van der Waals surface area contributed by atoms with Crippen molar-refractivity contribution in [2.75, 3.05) is 29.9 Å². The first-order valence-electron chi connectivity index (χ1n) is 14.6. The number of rotatable bonds is 13. The number of para-hydroxylation sites is 2. The molecule has 6 aromatic rings. The highest BCUT2D eigenvalue weighted by Crippen LogP contribution is 2.41. The number of hydrogen-bond acceptors (Lipinski definition) is 14. The van der Waals surface area contributed by atoms with Crippen LogP contribution < -0.4 is 23.8 Å². The summed E-state index contributed by atoms with van der Waals surface area (Å²) in [7, 11) is -2.92. The predicted octanol–water partition coefficient (Wildman–Crippen LogP) is 3.98. The predicted molar refractivity (Wildman–Crippen MR) is 176 cm³/mol. The van der Waals surface area contributed by atoms with Crippen LogP contribution in [0.3, 0.4) is 0 Å². The van der Waals surface area contributed by atoms with Crippen molar-refractivity contribution in [3.05, 3.63) is 90.9 Å². The van der Waals surface area contributed by atoms with Crippen molar-refractivity contribution in [3.8, 4) is 46.0 Å². The maximum Gasteiger partial charge on any atom is 0.413 e. The van der Waals surface area contributed by atoms with Crippen molar-refractivity contribution in [3.63, 3.8) is 0 Å². The molecular weight excluding hydrogens is 670 g/mol. The number of anilines is 2. The molecule has 0 aliphatic carbocycles. The first kappa shape index (κ1) is 33.2. The standard InChI is InChI=1S/C31H27N11O7S/c1-19-10-11-25(34-18-19)50(45,46)39-29-26(49-23-8-4-3-7-22(23)47-2)30(48-16-15-42(31(43)44)24-9-5-6-13-33-24)36-27(35-29)20-12-14-32-21(17-20)28-37-40-41-38-28/h3-14,17-18H,15-16H2,1-2H3,(H,43,44)(H,35,36,39)(H,37,38,40,41). The Kier molecular flexibility index (Phi) is 9.65. The fourth-order valence-corrected chi connectivity index (χ4v) is 5.38. The molecule has 0 unspecified atom stereocenters. The molecule has 19 heteroatoms. The summed E-state index contributed by atoms with van der Waals surface area (Å²) in [6.07, 6.45) is 3.06. The number of sulfonamides is 1. The molecule has 5 aromatic heterocycles. The lowest BCUT2D eigenvalue weighted by Crippen LogP contribution is -2.34. The van der Waals surface area contributed by atoms with Crippen LogP contribution in [0, 0.1) is 6.92 Å². The maximum absolute atomic E-state index is 13.7. The number of benzene rings is 1. The number of ether oxygens (including phenoxy) is 3. The van der Waals surface area contributed by atoms with Crippen LogP contribution in [0.5, 0.6) is 23.1 Å². The Labute approximate surface area is 284 Å². The molecule has 18 nitrogen and oxygen atoms in total. The van der Waals surface area contributed by atoms with Crippen molar-refractivity contribution in [2.24, 2.45) is 0 Å². The summed E-state index contributed by atoms with van der Waals surface area (Å²) in [6.45, 7) is 1.32. The molecule has 254 valence electrons. The first-order chi connectivity index (χ1) is 24.2. The number of tetrazole rings is 1. The van der Waals surface area contributed by atoms with E-state index >= 15 is 0 Å². The van der Waals surface area contributed by atoms with Crippen molar-refractivity contribution < 1.29 is 32.5 Å². The molecule has 0 bridgehead atoms. The number of carbonyl (C=O) groups is 1. The molecule has 6 rings (SSSR count). The molecule has 0 saturated heterocycles. The summed E-state index contributed by atoms with van der Waals surface area (Å²) in [4.78, 5) is 34.7. The number of H-pyrrole nitrogens is 1. The van der Waals surface area contributed by atoms with Crippen LogP contribution in [0.25, 0.3) is 22.9 Å². The zero-order valence-electron chi connectivity index (χ0n) is 26.3. The minimum Gasteiger partial charge on any atom is -0.493 e. The van der Waals surface area contributed by atoms with Gasteiger partial charge in [-0.1, -0.05) is 24.3 Å². The van der Waals surface area contributed by atoms with E-state index in [0.29, 0.717) is 17.0 Å². The van der Waals surface area contributed by atoms with Crippen molar-refractivity contribution in [1.82, 2.24) is 45.5 Å². The van der Waals surface area contributed by atoms with E-state index in [4.69, 9.17) is 14.2 Å². The van der Waals surface area contributed by atoms with Gasteiger partial charge in [0.25, 0.3) is 15.9 Å². The Bertz CT molecular complexity index is 2210. The number of aromatic nitrogens is 9. The van der Waals surface area contributed by atoms with Gasteiger partial charge in [-0.2, -0.15) is 18.6 Å². The Morgan fingerprint density at radius 3 is 2.48 bits per heavy atom. The summed E-state index contributed by atoms with van der Waals surface area (Å²) >= 11 is 0. The van der Waals surface area contributed by atoms with Crippen LogP contribution >= 0.6 is 0 Å². The molecule has 1 aromatic carbocycles. The number of aromatic amines is 1. The largest absolute Gasteiger partial charge is 0.493 e. The lowest BCUT2D eigenvalue weighted by molar-refractivity contribution is 0.198. The number of methoxy groups -OCH3 is 1. The Hall–Kier alpha value is -6.76. The third-order valence-corrected chi connectivity index (χ3v) is 8.06. The molecule has 0 aliphatic heterocycles. The Morgan fingerprint density at radius 1 is 0.960 bits per heavy atom. The summed E-state index contributed by atoms with van der Waals surface area (Å²) in [5.41, 5.74) is 1.43. The van der Waals surface area contributed by atoms with E-state index in [1.54, 1.807) is 61.5 Å². The van der Waals surface area contributed by atoms with Crippen LogP contribution in [0.1, 0.15) is 5.56 Å². The van der Waals surface area contributed by atoms with Gasteiger partial charge in [-0.3, -0.25) is 14.6 Å². The van der Waals surface area contributed by atoms with Gasteiger partial charge >= 0.3 is 6.09 Å². The highest BCUT2D eigenvalue weighted by molar-refractivity contribution is 7.92. The number of nitrogens with one attached hydrogen (secondary N) is 2. The molecule has 0 saturated carbocycles. The quantitative estimate of drug-likeness (QED) is 0.155. The van der Waals surface area contributed by atoms with Crippen molar-refractivity contribution in [1.29, 1.82) is 0 Å². The van der Waals surface area contributed by atoms with E-state index in [9.17, 15) is 18.3 Å². The fourth-order valence-electron chi connectivity index (χ4n) is 4.44. The monoisotopic (exact) mass is 697 g/mol. The van der Waals surface area contributed by atoms with Gasteiger partial charge in [0.2, 0.25) is 11.6 Å². The average Bonchev–Trinajstić information content (AvgIpc) is 3.67. The zero-order chi connectivity index (χ0) is 35.1. The Balaban J connectivity index is 1.47. The number of nitrogens with zero attached hydrogens (tertiary/aromatic N) is 9. The van der Waals surface area contributed by atoms with E-state index in [1.807, 2.05) is 0 Å². The molecule has 50 heavy (non-hydrogen) atoms. The molecule has 0 fully saturated rings. The van der Waals surface area contributed by atoms with Crippen LogP contribution in [-0.4, -0.2) is 85.4 Å². The van der Waals surface area contributed by atoms with E-state index in [-0.39, 0.29) is 58.8 Å². The summed E-state index contributed by atoms with van der Waals surface area (Å²) in [5, 5.41) is 23.4. The van der Waals surface area contributed by atoms with Crippen LogP contribution in [0.2, 0.25) is 0 Å². The van der Waals surface area contributed by atoms with Crippen LogP contribution in [0.15, 0.2) is 90.3 Å². The summed E-state index contributed by atoms with van der Waals surface area (Å²) < 4.78 is 47.5. The summed E-state index contributed by atoms with van der Waals surface area (Å²) in [6, 6.07) is 17.5. The molecule has 0 radical (unpaired) electrons. The number of carboxylic acid groups (broad SMARTS) is 1. The highest BCUT2D eigenvalue weighted by Gasteiger charge is 2.27. The van der Waals surface area contributed by atoms with E-state index < -0.39 is 16.1 Å².